The summed E-state index contributed by atoms with van der Waals surface area (Å²) >= 11 is 5.55. The quantitative estimate of drug-likeness (QED) is 0.159. The molecule has 0 amide bonds. The Balaban J connectivity index is 1.24. The van der Waals surface area contributed by atoms with Gasteiger partial charge in [-0.05, 0) is 59.9 Å². The molecule has 1 heterocycles. The minimum atomic E-state index is -0.807. The van der Waals surface area contributed by atoms with Crippen molar-refractivity contribution in [2.24, 2.45) is 0 Å². The maximum atomic E-state index is 15.2. The molecule has 38 heavy (non-hydrogen) atoms. The van der Waals surface area contributed by atoms with Gasteiger partial charge in [-0.1, -0.05) is 74.5 Å². The fourth-order valence-electron chi connectivity index (χ4n) is 4.79. The molecule has 0 bridgehead atoms. The zero-order valence-electron chi connectivity index (χ0n) is 21.9. The summed E-state index contributed by atoms with van der Waals surface area (Å²) in [6.45, 7) is 4.04. The van der Waals surface area contributed by atoms with E-state index in [1.807, 2.05) is 18.2 Å². The van der Waals surface area contributed by atoms with E-state index in [1.54, 1.807) is 12.1 Å². The van der Waals surface area contributed by atoms with Crippen LogP contribution < -0.4 is 0 Å². The molecular formula is C31H36ClF3O3. The van der Waals surface area contributed by atoms with E-state index in [-0.39, 0.29) is 18.2 Å². The standard InChI is InChI=1S/C31H36ClF3O3/c1-2-3-4-5-6-15-36-25-19-37-29(38-20-25)14-9-21-8-13-26-24(16-21)12-11-23(31(26)35)10-7-22-17-27(33)30(32)28(34)18-22/h8,11-13,16-18,25,29H,2-7,9-10,14-15,19-20H2,1H3. The van der Waals surface area contributed by atoms with Gasteiger partial charge in [0.2, 0.25) is 0 Å². The van der Waals surface area contributed by atoms with Crippen molar-refractivity contribution in [1.29, 1.82) is 0 Å². The number of hydrogen-bond donors (Lipinski definition) is 0. The lowest BCUT2D eigenvalue weighted by atomic mass is 9.98. The summed E-state index contributed by atoms with van der Waals surface area (Å²) in [7, 11) is 0. The van der Waals surface area contributed by atoms with Crippen LogP contribution in [-0.4, -0.2) is 32.2 Å². The molecule has 3 aromatic carbocycles. The number of ether oxygens (including phenoxy) is 3. The molecule has 0 spiro atoms. The predicted molar refractivity (Wildman–Crippen MR) is 145 cm³/mol. The fourth-order valence-corrected chi connectivity index (χ4v) is 4.90. The number of hydrogen-bond acceptors (Lipinski definition) is 3. The van der Waals surface area contributed by atoms with Crippen LogP contribution in [0.25, 0.3) is 10.8 Å². The molecule has 0 N–H and O–H groups in total. The highest BCUT2D eigenvalue weighted by atomic mass is 35.5. The minimum Gasteiger partial charge on any atom is -0.373 e. The van der Waals surface area contributed by atoms with Gasteiger partial charge in [0, 0.05) is 18.4 Å². The van der Waals surface area contributed by atoms with Crippen molar-refractivity contribution in [2.75, 3.05) is 19.8 Å². The van der Waals surface area contributed by atoms with Crippen LogP contribution in [0.15, 0.2) is 42.5 Å². The number of halogens is 4. The smallest absolute Gasteiger partial charge is 0.158 e. The Morgan fingerprint density at radius 1 is 0.842 bits per heavy atom. The second kappa shape index (κ2) is 14.3. The maximum absolute atomic E-state index is 15.2. The van der Waals surface area contributed by atoms with E-state index < -0.39 is 16.7 Å². The molecule has 1 saturated heterocycles. The third-order valence-corrected chi connectivity index (χ3v) is 7.39. The Bertz CT molecular complexity index is 1170. The van der Waals surface area contributed by atoms with E-state index in [2.05, 4.69) is 6.92 Å². The monoisotopic (exact) mass is 548 g/mol. The van der Waals surface area contributed by atoms with Crippen molar-refractivity contribution in [3.8, 4) is 0 Å². The largest absolute Gasteiger partial charge is 0.373 e. The molecule has 1 aliphatic rings. The fraction of sp³-hybridized carbons (Fsp3) is 0.484. The molecule has 7 heteroatoms. The van der Waals surface area contributed by atoms with Gasteiger partial charge in [-0.2, -0.15) is 0 Å². The number of benzene rings is 3. The summed E-state index contributed by atoms with van der Waals surface area (Å²) in [6.07, 6.45) is 7.87. The normalized spacial score (nSPS) is 17.8. The summed E-state index contributed by atoms with van der Waals surface area (Å²) in [5.41, 5.74) is 2.02. The number of aryl methyl sites for hydroxylation is 3. The highest BCUT2D eigenvalue weighted by Gasteiger charge is 2.22. The van der Waals surface area contributed by atoms with E-state index in [1.165, 1.54) is 37.8 Å². The zero-order valence-corrected chi connectivity index (χ0v) is 22.7. The van der Waals surface area contributed by atoms with Crippen molar-refractivity contribution in [1.82, 2.24) is 0 Å². The first kappa shape index (κ1) is 28.9. The van der Waals surface area contributed by atoms with Gasteiger partial charge in [0.05, 0.1) is 13.2 Å². The molecule has 1 fully saturated rings. The van der Waals surface area contributed by atoms with Gasteiger partial charge in [0.1, 0.15) is 28.6 Å². The van der Waals surface area contributed by atoms with Crippen molar-refractivity contribution < 1.29 is 27.4 Å². The molecule has 3 nitrogen and oxygen atoms in total. The minimum absolute atomic E-state index is 0.00648. The van der Waals surface area contributed by atoms with Crippen LogP contribution in [0.2, 0.25) is 5.02 Å². The Labute approximate surface area is 228 Å². The molecule has 0 saturated carbocycles. The second-order valence-electron chi connectivity index (χ2n) is 10.0. The first-order valence-electron chi connectivity index (χ1n) is 13.6. The van der Waals surface area contributed by atoms with Crippen molar-refractivity contribution in [2.45, 2.75) is 77.1 Å². The van der Waals surface area contributed by atoms with Crippen LogP contribution in [0, 0.1) is 17.5 Å². The lowest BCUT2D eigenvalue weighted by molar-refractivity contribution is -0.227. The summed E-state index contributed by atoms with van der Waals surface area (Å²) in [6, 6.07) is 11.7. The topological polar surface area (TPSA) is 27.7 Å². The van der Waals surface area contributed by atoms with E-state index in [4.69, 9.17) is 25.8 Å². The van der Waals surface area contributed by atoms with Crippen LogP contribution in [-0.2, 0) is 33.5 Å². The maximum Gasteiger partial charge on any atom is 0.158 e. The lowest BCUT2D eigenvalue weighted by Gasteiger charge is -2.29. The number of fused-ring (bicyclic) bond motifs is 1. The van der Waals surface area contributed by atoms with Gasteiger partial charge in [0.25, 0.3) is 0 Å². The van der Waals surface area contributed by atoms with Crippen LogP contribution in [0.4, 0.5) is 13.2 Å². The van der Waals surface area contributed by atoms with E-state index in [0.717, 1.165) is 30.4 Å². The Hall–Kier alpha value is -2.12. The molecule has 0 radical (unpaired) electrons. The third-order valence-electron chi connectivity index (χ3n) is 7.03. The molecule has 0 aliphatic carbocycles. The summed E-state index contributed by atoms with van der Waals surface area (Å²) in [4.78, 5) is 0. The van der Waals surface area contributed by atoms with Gasteiger partial charge in [-0.25, -0.2) is 13.2 Å². The predicted octanol–water partition coefficient (Wildman–Crippen LogP) is 8.36. The SMILES string of the molecule is CCCCCCCOC1COC(CCc2ccc3c(F)c(CCc4cc(F)c(Cl)c(F)c4)ccc3c2)OC1. The molecule has 0 unspecified atom stereocenters. The van der Waals surface area contributed by atoms with E-state index in [0.29, 0.717) is 49.0 Å². The number of unbranched alkanes of at least 4 members (excludes halogenated alkanes) is 4. The van der Waals surface area contributed by atoms with Crippen molar-refractivity contribution >= 4 is 22.4 Å². The lowest BCUT2D eigenvalue weighted by Crippen LogP contribution is -2.37. The first-order valence-corrected chi connectivity index (χ1v) is 14.0. The van der Waals surface area contributed by atoms with Crippen molar-refractivity contribution in [3.05, 3.63) is 81.6 Å². The Morgan fingerprint density at radius 3 is 2.32 bits per heavy atom. The van der Waals surface area contributed by atoms with Gasteiger partial charge >= 0.3 is 0 Å². The van der Waals surface area contributed by atoms with Gasteiger partial charge in [-0.3, -0.25) is 0 Å². The summed E-state index contributed by atoms with van der Waals surface area (Å²) in [5.74, 6) is -1.92. The highest BCUT2D eigenvalue weighted by Crippen LogP contribution is 2.26. The van der Waals surface area contributed by atoms with E-state index in [9.17, 15) is 8.78 Å². The highest BCUT2D eigenvalue weighted by molar-refractivity contribution is 6.30. The third kappa shape index (κ3) is 7.95. The summed E-state index contributed by atoms with van der Waals surface area (Å²) < 4.78 is 60.2. The molecule has 0 atom stereocenters. The average Bonchev–Trinajstić information content (AvgIpc) is 2.92. The van der Waals surface area contributed by atoms with Gasteiger partial charge in [0.15, 0.2) is 6.29 Å². The average molecular weight is 549 g/mol. The molecular weight excluding hydrogens is 513 g/mol. The Morgan fingerprint density at radius 2 is 1.58 bits per heavy atom. The van der Waals surface area contributed by atoms with Gasteiger partial charge in [-0.15, -0.1) is 0 Å². The van der Waals surface area contributed by atoms with Crippen LogP contribution in [0.3, 0.4) is 0 Å². The van der Waals surface area contributed by atoms with Gasteiger partial charge < -0.3 is 14.2 Å². The second-order valence-corrected chi connectivity index (χ2v) is 10.4. The van der Waals surface area contributed by atoms with Crippen LogP contribution >= 0.6 is 11.6 Å². The Kier molecular flexibility index (Phi) is 10.9. The van der Waals surface area contributed by atoms with E-state index >= 15 is 4.39 Å². The summed E-state index contributed by atoms with van der Waals surface area (Å²) in [5, 5.41) is 0.814. The van der Waals surface area contributed by atoms with Crippen molar-refractivity contribution in [3.63, 3.8) is 0 Å². The number of rotatable bonds is 13. The molecule has 0 aromatic heterocycles. The molecule has 4 rings (SSSR count). The molecule has 3 aromatic rings. The van der Waals surface area contributed by atoms with Crippen LogP contribution in [0.5, 0.6) is 0 Å². The van der Waals surface area contributed by atoms with Crippen LogP contribution in [0.1, 0.15) is 62.1 Å². The zero-order chi connectivity index (χ0) is 26.9. The molecule has 1 aliphatic heterocycles. The first-order chi connectivity index (χ1) is 18.4. The molecule has 206 valence electrons.